The van der Waals surface area contributed by atoms with E-state index in [9.17, 15) is 25.9 Å². The molecule has 2 aromatic carbocycles. The van der Waals surface area contributed by atoms with Crippen LogP contribution >= 0.6 is 0 Å². The normalized spacial score (nSPS) is 11.5. The van der Waals surface area contributed by atoms with Crippen molar-refractivity contribution in [3.8, 4) is 0 Å². The van der Waals surface area contributed by atoms with E-state index in [1.54, 1.807) is 0 Å². The number of hydrogen-bond donors (Lipinski definition) is 1. The maximum absolute atomic E-state index is 11.1. The van der Waals surface area contributed by atoms with E-state index in [2.05, 4.69) is 0 Å². The van der Waals surface area contributed by atoms with Gasteiger partial charge in [0, 0.05) is 16.5 Å². The maximum atomic E-state index is 11.1. The van der Waals surface area contributed by atoms with Crippen LogP contribution in [0.15, 0.2) is 40.1 Å². The largest absolute Gasteiger partial charge is 1.00 e. The Labute approximate surface area is 166 Å². The van der Waals surface area contributed by atoms with E-state index < -0.39 is 30.0 Å². The Balaban J connectivity index is 0.00000200. The van der Waals surface area contributed by atoms with Gasteiger partial charge in [-0.1, -0.05) is 12.1 Å². The molecule has 0 unspecified atom stereocenters. The van der Waals surface area contributed by atoms with Crippen LogP contribution in [-0.2, 0) is 20.2 Å². The fourth-order valence-corrected chi connectivity index (χ4v) is 2.94. The molecule has 0 saturated heterocycles. The minimum atomic E-state index is -4.81. The molecular formula is C10H7NNa2O6S2. The molecule has 0 saturated carbocycles. The summed E-state index contributed by atoms with van der Waals surface area (Å²) < 4.78 is 66.1. The van der Waals surface area contributed by atoms with E-state index in [0.29, 0.717) is 0 Å². The van der Waals surface area contributed by atoms with Gasteiger partial charge < -0.3 is 14.8 Å². The van der Waals surface area contributed by atoms with Gasteiger partial charge in [0.1, 0.15) is 20.2 Å². The zero-order valence-corrected chi connectivity index (χ0v) is 16.9. The molecule has 0 bridgehead atoms. The van der Waals surface area contributed by atoms with Gasteiger partial charge in [0.15, 0.2) is 0 Å². The summed E-state index contributed by atoms with van der Waals surface area (Å²) >= 11 is 0. The summed E-state index contributed by atoms with van der Waals surface area (Å²) in [5, 5.41) is -0.00347. The molecule has 102 valence electrons. The minimum Gasteiger partial charge on any atom is -0.744 e. The topological polar surface area (TPSA) is 140 Å². The summed E-state index contributed by atoms with van der Waals surface area (Å²) in [4.78, 5) is -1.31. The fourth-order valence-electron chi connectivity index (χ4n) is 1.72. The third-order valence-corrected chi connectivity index (χ3v) is 4.23. The van der Waals surface area contributed by atoms with Crippen molar-refractivity contribution in [3.05, 3.63) is 30.3 Å². The van der Waals surface area contributed by atoms with Crippen LogP contribution in [0.2, 0.25) is 0 Å². The van der Waals surface area contributed by atoms with Gasteiger partial charge in [0.2, 0.25) is 0 Å². The predicted octanol–water partition coefficient (Wildman–Crippen LogP) is -5.76. The van der Waals surface area contributed by atoms with Crippen LogP contribution in [0.25, 0.3) is 10.8 Å². The average molecular weight is 347 g/mol. The van der Waals surface area contributed by atoms with Crippen molar-refractivity contribution in [2.45, 2.75) is 9.79 Å². The van der Waals surface area contributed by atoms with E-state index in [-0.39, 0.29) is 75.6 Å². The first-order valence-electron chi connectivity index (χ1n) is 4.85. The van der Waals surface area contributed by atoms with Crippen molar-refractivity contribution in [2.24, 2.45) is 0 Å². The first-order chi connectivity index (χ1) is 8.60. The van der Waals surface area contributed by atoms with Crippen molar-refractivity contribution in [1.29, 1.82) is 0 Å². The van der Waals surface area contributed by atoms with E-state index in [4.69, 9.17) is 5.73 Å². The minimum absolute atomic E-state index is 0. The molecule has 0 aliphatic rings. The number of fused-ring (bicyclic) bond motifs is 1. The summed E-state index contributed by atoms with van der Waals surface area (Å²) in [6, 6.07) is 5.49. The summed E-state index contributed by atoms with van der Waals surface area (Å²) in [6.07, 6.45) is 0. The second-order valence-corrected chi connectivity index (χ2v) is 6.50. The van der Waals surface area contributed by atoms with E-state index >= 15 is 0 Å². The maximum Gasteiger partial charge on any atom is 1.00 e. The van der Waals surface area contributed by atoms with Gasteiger partial charge in [-0.05, 0) is 18.2 Å². The van der Waals surface area contributed by atoms with Crippen LogP contribution in [0.1, 0.15) is 0 Å². The Kier molecular flexibility index (Phi) is 7.37. The van der Waals surface area contributed by atoms with Crippen LogP contribution in [0.5, 0.6) is 0 Å². The monoisotopic (exact) mass is 347 g/mol. The smallest absolute Gasteiger partial charge is 0.744 e. The van der Waals surface area contributed by atoms with Crippen molar-refractivity contribution in [1.82, 2.24) is 0 Å². The third-order valence-electron chi connectivity index (χ3n) is 2.52. The number of rotatable bonds is 2. The van der Waals surface area contributed by atoms with Crippen molar-refractivity contribution in [3.63, 3.8) is 0 Å². The van der Waals surface area contributed by atoms with Crippen LogP contribution in [0.3, 0.4) is 0 Å². The molecular weight excluding hydrogens is 340 g/mol. The van der Waals surface area contributed by atoms with E-state index in [0.717, 1.165) is 18.2 Å². The first kappa shape index (κ1) is 21.3. The van der Waals surface area contributed by atoms with Crippen molar-refractivity contribution >= 4 is 36.7 Å². The standard InChI is InChI=1S/C10H9NO6S2.2Na/c11-9-5-6(18(12,13)14)4-8-7(9)2-1-3-10(8)19(15,16)17;;/h1-5H,11H2,(H,12,13,14)(H,15,16,17);;/q;2*+1/p-2. The van der Waals surface area contributed by atoms with Crippen molar-refractivity contribution < 1.29 is 85.1 Å². The number of hydrogen-bond acceptors (Lipinski definition) is 7. The molecule has 0 aliphatic heterocycles. The number of benzene rings is 2. The van der Waals surface area contributed by atoms with Crippen LogP contribution in [-0.4, -0.2) is 25.9 Å². The molecule has 0 amide bonds. The Morgan fingerprint density at radius 1 is 0.857 bits per heavy atom. The molecule has 0 heterocycles. The second kappa shape index (κ2) is 7.26. The number of nitrogen functional groups attached to an aromatic ring is 1. The number of nitrogens with two attached hydrogens (primary N) is 1. The Hall–Kier alpha value is 0.320. The van der Waals surface area contributed by atoms with Crippen LogP contribution in [0.4, 0.5) is 5.69 Å². The van der Waals surface area contributed by atoms with Crippen molar-refractivity contribution in [2.75, 3.05) is 5.73 Å². The molecule has 2 aromatic rings. The molecule has 2 N–H and O–H groups in total. The molecule has 0 radical (unpaired) electrons. The molecule has 0 aliphatic carbocycles. The molecule has 0 atom stereocenters. The summed E-state index contributed by atoms with van der Waals surface area (Å²) in [5.41, 5.74) is 5.47. The van der Waals surface area contributed by atoms with Gasteiger partial charge in [0.05, 0.1) is 9.79 Å². The van der Waals surface area contributed by atoms with Gasteiger partial charge in [-0.3, -0.25) is 0 Å². The van der Waals surface area contributed by atoms with Gasteiger partial charge in [0.25, 0.3) is 0 Å². The Morgan fingerprint density at radius 3 is 1.90 bits per heavy atom. The third kappa shape index (κ3) is 4.64. The predicted molar refractivity (Wildman–Crippen MR) is 64.3 cm³/mol. The van der Waals surface area contributed by atoms with Crippen LogP contribution < -0.4 is 64.8 Å². The quantitative estimate of drug-likeness (QED) is 0.324. The molecule has 21 heavy (non-hydrogen) atoms. The SMILES string of the molecule is Nc1cc(S(=O)(=O)[O-])cc2c(S(=O)(=O)[O-])cccc12.[Na+].[Na+]. The fraction of sp³-hybridized carbons (Fsp3) is 0. The molecule has 0 fully saturated rings. The zero-order valence-electron chi connectivity index (χ0n) is 11.2. The summed E-state index contributed by atoms with van der Waals surface area (Å²) in [6.45, 7) is 0. The van der Waals surface area contributed by atoms with Crippen LogP contribution in [0, 0.1) is 0 Å². The summed E-state index contributed by atoms with van der Waals surface area (Å²) in [5.74, 6) is 0. The summed E-state index contributed by atoms with van der Waals surface area (Å²) in [7, 11) is -9.62. The molecule has 7 nitrogen and oxygen atoms in total. The van der Waals surface area contributed by atoms with E-state index in [1.807, 2.05) is 0 Å². The average Bonchev–Trinajstić information content (AvgIpc) is 2.25. The zero-order chi connectivity index (χ0) is 14.4. The van der Waals surface area contributed by atoms with Gasteiger partial charge in [-0.25, -0.2) is 16.8 Å². The molecule has 0 aromatic heterocycles. The Bertz CT molecular complexity index is 880. The molecule has 11 heteroatoms. The second-order valence-electron chi connectivity index (χ2n) is 3.77. The first-order valence-corrected chi connectivity index (χ1v) is 7.66. The number of anilines is 1. The molecule has 2 rings (SSSR count). The van der Waals surface area contributed by atoms with Gasteiger partial charge in [-0.2, -0.15) is 0 Å². The molecule has 0 spiro atoms. The van der Waals surface area contributed by atoms with Gasteiger partial charge in [-0.15, -0.1) is 0 Å². The van der Waals surface area contributed by atoms with Gasteiger partial charge >= 0.3 is 59.1 Å². The Morgan fingerprint density at radius 2 is 1.43 bits per heavy atom. The van der Waals surface area contributed by atoms with E-state index in [1.165, 1.54) is 12.1 Å².